The van der Waals surface area contributed by atoms with Crippen LogP contribution < -0.4 is 20.4 Å². The monoisotopic (exact) mass is 1010 g/mol. The number of hydrogen-bond acceptors (Lipinski definition) is 24. The summed E-state index contributed by atoms with van der Waals surface area (Å²) in [6, 6.07) is 0. The fourth-order valence-corrected chi connectivity index (χ4v) is 7.82. The van der Waals surface area contributed by atoms with Gasteiger partial charge in [-0.25, -0.2) is 0 Å². The molecule has 25 heteroatoms. The molecule has 0 rings (SSSR count). The summed E-state index contributed by atoms with van der Waals surface area (Å²) in [7, 11) is 0. The number of Topliss-reactive ketones (excluding diaryl/α,β-unsaturated/α-hetero) is 16. The number of carboxylic acid groups (broad SMARTS) is 4. The summed E-state index contributed by atoms with van der Waals surface area (Å²) in [5.41, 5.74) is -10.8. The van der Waals surface area contributed by atoms with Crippen molar-refractivity contribution in [2.45, 2.75) is 111 Å². The summed E-state index contributed by atoms with van der Waals surface area (Å²) in [6.45, 7) is 14.4. The van der Waals surface area contributed by atoms with E-state index in [0.717, 1.165) is 111 Å². The van der Waals surface area contributed by atoms with E-state index in [-0.39, 0.29) is 21.7 Å². The van der Waals surface area contributed by atoms with Crippen molar-refractivity contribution in [1.29, 1.82) is 0 Å². The fourth-order valence-electron chi connectivity index (χ4n) is 7.82. The zero-order chi connectivity index (χ0) is 55.9. The SMILES string of the molecule is CC(=O)C(C(C)=O)C(C(C)=O)(C(C)=O)C(=O)[O-].CC(=O)C(C(C)=O)C(C(C)=O)(C(C)=O)C(=O)[O-].CC(=O)C(C(C)=O)C(C(C)=O)(C(C)=O)C(=O)[O-].CC(=O)C(C(C)=O)C(C(C)=O)(C(C)=O)C(=O)[O-].[Ti+4]. The largest absolute Gasteiger partial charge is 4.00 e. The standard InChI is InChI=1S/4C11H14O6.Ti/c4*1-5(12)9(6(2)13)11(7(3)14,8(4)15)10(16)17;/h4*9H,1-4H3,(H,16,17);/q;;;;+4/p-4. The molecule has 0 heterocycles. The van der Waals surface area contributed by atoms with Crippen LogP contribution in [0.2, 0.25) is 0 Å². The third kappa shape index (κ3) is 14.7. The smallest absolute Gasteiger partial charge is 0.549 e. The summed E-state index contributed by atoms with van der Waals surface area (Å²) >= 11 is 0. The van der Waals surface area contributed by atoms with Crippen LogP contribution in [0.5, 0.6) is 0 Å². The van der Waals surface area contributed by atoms with Gasteiger partial charge in [-0.2, -0.15) is 0 Å². The predicted octanol–water partition coefficient (Wildman–Crippen LogP) is -5.22. The Kier molecular flexibility index (Phi) is 28.9. The zero-order valence-electron chi connectivity index (χ0n) is 40.6. The van der Waals surface area contributed by atoms with Crippen molar-refractivity contribution >= 4 is 116 Å². The van der Waals surface area contributed by atoms with Crippen molar-refractivity contribution in [2.24, 2.45) is 45.3 Å². The van der Waals surface area contributed by atoms with E-state index in [1.165, 1.54) is 0 Å². The second-order valence-electron chi connectivity index (χ2n) is 15.4. The molecule has 0 N–H and O–H groups in total. The molecule has 0 aromatic rings. The molecule has 0 spiro atoms. The van der Waals surface area contributed by atoms with Gasteiger partial charge >= 0.3 is 21.7 Å². The molecular weight excluding hydrogens is 960 g/mol. The minimum atomic E-state index is -2.71. The van der Waals surface area contributed by atoms with Gasteiger partial charge in [-0.15, -0.1) is 0 Å². The van der Waals surface area contributed by atoms with Crippen molar-refractivity contribution in [2.75, 3.05) is 0 Å². The van der Waals surface area contributed by atoms with Gasteiger partial charge < -0.3 is 39.6 Å². The van der Waals surface area contributed by atoms with Crippen LogP contribution in [-0.2, 0) is 118 Å². The van der Waals surface area contributed by atoms with Gasteiger partial charge in [-0.05, 0) is 111 Å². The van der Waals surface area contributed by atoms with Crippen molar-refractivity contribution in [3.05, 3.63) is 0 Å². The van der Waals surface area contributed by atoms with Gasteiger partial charge in [0.15, 0.2) is 0 Å². The second-order valence-corrected chi connectivity index (χ2v) is 15.4. The van der Waals surface area contributed by atoms with Crippen molar-refractivity contribution in [1.82, 2.24) is 0 Å². The molecule has 376 valence electrons. The first-order chi connectivity index (χ1) is 30.4. The van der Waals surface area contributed by atoms with Gasteiger partial charge in [0, 0.05) is 0 Å². The number of rotatable bonds is 24. The molecule has 0 fully saturated rings. The van der Waals surface area contributed by atoms with Crippen molar-refractivity contribution in [3.63, 3.8) is 0 Å². The zero-order valence-corrected chi connectivity index (χ0v) is 42.2. The maximum atomic E-state index is 11.5. The molecule has 24 nitrogen and oxygen atoms in total. The number of carbonyl (C=O) groups is 20. The van der Waals surface area contributed by atoms with Gasteiger partial charge in [0.2, 0.25) is 0 Å². The molecule has 0 radical (unpaired) electrons. The Morgan fingerprint density at radius 2 is 0.290 bits per heavy atom. The van der Waals surface area contributed by atoms with E-state index in [1.807, 2.05) is 0 Å². The number of carbonyl (C=O) groups excluding carboxylic acids is 20. The molecule has 0 bridgehead atoms. The van der Waals surface area contributed by atoms with Crippen molar-refractivity contribution in [3.8, 4) is 0 Å². The first kappa shape index (κ1) is 71.3. The van der Waals surface area contributed by atoms with Crippen molar-refractivity contribution < 1.29 is 138 Å². The summed E-state index contributed by atoms with van der Waals surface area (Å²) in [5.74, 6) is -30.9. The van der Waals surface area contributed by atoms with Crippen LogP contribution in [0.4, 0.5) is 0 Å². The average Bonchev–Trinajstić information content (AvgIpc) is 3.10. The molecule has 69 heavy (non-hydrogen) atoms. The molecule has 0 unspecified atom stereocenters. The fraction of sp³-hybridized carbons (Fsp3) is 0.545. The van der Waals surface area contributed by atoms with Crippen LogP contribution in [0.15, 0.2) is 0 Å². The van der Waals surface area contributed by atoms with Crippen LogP contribution in [0.25, 0.3) is 0 Å². The third-order valence-electron chi connectivity index (χ3n) is 10.7. The Bertz CT molecular complexity index is 1740. The van der Waals surface area contributed by atoms with Crippen LogP contribution in [0.3, 0.4) is 0 Å². The van der Waals surface area contributed by atoms with Gasteiger partial charge in [0.25, 0.3) is 0 Å². The Hall–Kier alpha value is -6.69. The normalized spacial score (nSPS) is 11.0. The van der Waals surface area contributed by atoms with E-state index >= 15 is 0 Å². The Morgan fingerprint density at radius 3 is 0.304 bits per heavy atom. The van der Waals surface area contributed by atoms with E-state index in [4.69, 9.17) is 0 Å². The molecule has 0 aliphatic carbocycles. The van der Waals surface area contributed by atoms with Gasteiger partial charge in [0.1, 0.15) is 138 Å². The Balaban J connectivity index is -0.000000263. The minimum absolute atomic E-state index is 0. The molecular formula is C44H52O24Ti. The molecule has 0 aromatic heterocycles. The maximum Gasteiger partial charge on any atom is 4.00 e. The van der Waals surface area contributed by atoms with Crippen LogP contribution >= 0.6 is 0 Å². The Labute approximate surface area is 409 Å². The number of hydrogen-bond donors (Lipinski definition) is 0. The van der Waals surface area contributed by atoms with E-state index < -0.39 is 162 Å². The number of carboxylic acids is 4. The van der Waals surface area contributed by atoms with Crippen LogP contribution in [-0.4, -0.2) is 116 Å². The van der Waals surface area contributed by atoms with Crippen LogP contribution in [0, 0.1) is 45.3 Å². The molecule has 0 aliphatic rings. The minimum Gasteiger partial charge on any atom is -0.549 e. The van der Waals surface area contributed by atoms with E-state index in [9.17, 15) is 116 Å². The van der Waals surface area contributed by atoms with Crippen LogP contribution in [0.1, 0.15) is 111 Å². The molecule has 0 amide bonds. The number of aliphatic carboxylic acids is 4. The molecule has 0 saturated carbocycles. The average molecular weight is 1010 g/mol. The Morgan fingerprint density at radius 1 is 0.217 bits per heavy atom. The molecule has 0 aliphatic heterocycles. The van der Waals surface area contributed by atoms with Gasteiger partial charge in [-0.1, -0.05) is 0 Å². The number of ketones is 16. The predicted molar refractivity (Wildman–Crippen MR) is 215 cm³/mol. The second kappa shape index (κ2) is 28.0. The van der Waals surface area contributed by atoms with Gasteiger partial charge in [-0.3, -0.25) is 76.7 Å². The van der Waals surface area contributed by atoms with E-state index in [0.29, 0.717) is 0 Å². The van der Waals surface area contributed by atoms with E-state index in [1.54, 1.807) is 0 Å². The summed E-state index contributed by atoms with van der Waals surface area (Å²) in [5, 5.41) is 44.4. The van der Waals surface area contributed by atoms with E-state index in [2.05, 4.69) is 0 Å². The maximum absolute atomic E-state index is 11.5. The summed E-state index contributed by atoms with van der Waals surface area (Å²) < 4.78 is 0. The third-order valence-corrected chi connectivity index (χ3v) is 10.7. The topological polar surface area (TPSA) is 434 Å². The summed E-state index contributed by atoms with van der Waals surface area (Å²) in [4.78, 5) is 227. The quantitative estimate of drug-likeness (QED) is 0.0644. The van der Waals surface area contributed by atoms with Gasteiger partial charge in [0.05, 0.1) is 23.9 Å². The molecule has 0 aromatic carbocycles. The molecule has 0 saturated heterocycles. The summed E-state index contributed by atoms with van der Waals surface area (Å²) in [6.07, 6.45) is 0. The molecule has 0 atom stereocenters. The first-order valence-electron chi connectivity index (χ1n) is 19.4. The first-order valence-corrected chi connectivity index (χ1v) is 19.4.